The third-order valence-electron chi connectivity index (χ3n) is 10.6. The van der Waals surface area contributed by atoms with Gasteiger partial charge in [-0.25, -0.2) is 0 Å². The van der Waals surface area contributed by atoms with E-state index in [1.807, 2.05) is 69.7 Å². The van der Waals surface area contributed by atoms with Crippen LogP contribution in [0, 0.1) is 23.2 Å². The minimum atomic E-state index is -0.429. The van der Waals surface area contributed by atoms with Gasteiger partial charge in [-0.15, -0.1) is 16.8 Å². The maximum Gasteiger partial charge on any atom is 0.253 e. The number of aryl methyl sites for hydroxylation is 1. The number of rotatable bonds is 14. The number of nitrogens with zero attached hydrogens (tertiary/aromatic N) is 9. The molecule has 0 bridgehead atoms. The summed E-state index contributed by atoms with van der Waals surface area (Å²) < 4.78 is 0. The average molecular weight is 834 g/mol. The van der Waals surface area contributed by atoms with Crippen LogP contribution in [-0.4, -0.2) is 149 Å². The first-order valence-electron chi connectivity index (χ1n) is 21.8. The van der Waals surface area contributed by atoms with Gasteiger partial charge in [0.15, 0.2) is 5.82 Å². The summed E-state index contributed by atoms with van der Waals surface area (Å²) in [6.07, 6.45) is 10.9. The van der Waals surface area contributed by atoms with E-state index in [0.717, 1.165) is 101 Å². The fourth-order valence-electron chi connectivity index (χ4n) is 6.89. The number of hydrogen-bond acceptors (Lipinski definition) is 10. The van der Waals surface area contributed by atoms with E-state index in [1.54, 1.807) is 24.0 Å². The number of carbonyl (C=O) groups is 3. The molecule has 2 aliphatic heterocycles. The zero-order chi connectivity index (χ0) is 45.7. The lowest BCUT2D eigenvalue weighted by molar-refractivity contribution is -0.128. The van der Waals surface area contributed by atoms with E-state index in [0.29, 0.717) is 23.7 Å². The molecule has 0 radical (unpaired) electrons. The maximum absolute atomic E-state index is 13.3. The van der Waals surface area contributed by atoms with Gasteiger partial charge in [-0.3, -0.25) is 19.3 Å². The summed E-state index contributed by atoms with van der Waals surface area (Å²) in [6.45, 7) is 35.1. The highest BCUT2D eigenvalue weighted by atomic mass is 16.2. The highest BCUT2D eigenvalue weighted by molar-refractivity contribution is 5.94. The summed E-state index contributed by atoms with van der Waals surface area (Å²) in [5.41, 5.74) is 2.60. The Kier molecular flexibility index (Phi) is 28.8. The van der Waals surface area contributed by atoms with Crippen LogP contribution in [-0.2, 0) is 21.4 Å². The number of aromatic amines is 1. The van der Waals surface area contributed by atoms with E-state index in [-0.39, 0.29) is 18.4 Å². The zero-order valence-electron chi connectivity index (χ0n) is 39.2. The molecule has 1 aliphatic carbocycles. The fraction of sp³-hybridized carbons (Fsp3) is 0.630. The topological polar surface area (TPSA) is 158 Å². The fourth-order valence-corrected chi connectivity index (χ4v) is 6.89. The van der Waals surface area contributed by atoms with Crippen molar-refractivity contribution < 1.29 is 14.4 Å². The molecule has 3 amide bonds. The Labute approximate surface area is 363 Å². The molecular weight excluding hydrogens is 755 g/mol. The molecule has 3 heterocycles. The molecule has 1 aromatic heterocycles. The molecule has 14 heteroatoms. The lowest BCUT2D eigenvalue weighted by atomic mass is 9.75. The second-order valence-corrected chi connectivity index (χ2v) is 14.9. The first kappa shape index (κ1) is 55.3. The number of H-pyrrole nitrogens is 1. The molecule has 2 saturated heterocycles. The van der Waals surface area contributed by atoms with E-state index in [4.69, 9.17) is 5.26 Å². The van der Waals surface area contributed by atoms with Crippen molar-refractivity contribution in [2.24, 2.45) is 11.8 Å². The number of hydrogen-bond donors (Lipinski definition) is 2. The molecule has 3 unspecified atom stereocenters. The van der Waals surface area contributed by atoms with Gasteiger partial charge in [-0.1, -0.05) is 90.6 Å². The number of tetrazole rings is 1. The van der Waals surface area contributed by atoms with E-state index >= 15 is 0 Å². The van der Waals surface area contributed by atoms with E-state index < -0.39 is 5.41 Å². The second-order valence-electron chi connectivity index (χ2n) is 14.9. The molecule has 3 fully saturated rings. The van der Waals surface area contributed by atoms with Crippen LogP contribution in [0.1, 0.15) is 109 Å². The Morgan fingerprint density at radius 3 is 2.08 bits per heavy atom. The van der Waals surface area contributed by atoms with Crippen LogP contribution in [0.5, 0.6) is 0 Å². The van der Waals surface area contributed by atoms with Gasteiger partial charge in [-0.05, 0) is 95.4 Å². The van der Waals surface area contributed by atoms with Gasteiger partial charge in [0.05, 0.1) is 18.2 Å². The number of allylic oxidation sites excluding steroid dienone is 4. The summed E-state index contributed by atoms with van der Waals surface area (Å²) in [4.78, 5) is 44.2. The highest BCUT2D eigenvalue weighted by Crippen LogP contribution is 2.41. The van der Waals surface area contributed by atoms with Crippen LogP contribution in [0.15, 0.2) is 55.7 Å². The number of piperazine rings is 1. The molecule has 3 atom stereocenters. The lowest BCUT2D eigenvalue weighted by Crippen LogP contribution is -2.47. The van der Waals surface area contributed by atoms with Crippen molar-refractivity contribution in [1.29, 1.82) is 5.26 Å². The van der Waals surface area contributed by atoms with Crippen molar-refractivity contribution in [3.63, 3.8) is 0 Å². The normalized spacial score (nSPS) is 19.0. The van der Waals surface area contributed by atoms with Gasteiger partial charge in [0.2, 0.25) is 12.3 Å². The zero-order valence-corrected chi connectivity index (χ0v) is 39.2. The summed E-state index contributed by atoms with van der Waals surface area (Å²) in [6, 6.07) is 8.42. The minimum Gasteiger partial charge on any atom is -0.336 e. The smallest absolute Gasteiger partial charge is 0.253 e. The molecule has 60 heavy (non-hydrogen) atoms. The van der Waals surface area contributed by atoms with Crippen LogP contribution >= 0.6 is 0 Å². The second kappa shape index (κ2) is 31.2. The molecule has 0 spiro atoms. The summed E-state index contributed by atoms with van der Waals surface area (Å²) in [5, 5.41) is 26.9. The number of aromatic nitrogens is 4. The number of amides is 3. The predicted octanol–water partition coefficient (Wildman–Crippen LogP) is 6.17. The summed E-state index contributed by atoms with van der Waals surface area (Å²) in [7, 11) is 4.11. The van der Waals surface area contributed by atoms with Crippen LogP contribution in [0.2, 0.25) is 0 Å². The number of nitriles is 1. The van der Waals surface area contributed by atoms with Crippen molar-refractivity contribution in [3.05, 3.63) is 78.2 Å². The molecule has 2 N–H and O–H groups in total. The third kappa shape index (κ3) is 18.3. The minimum absolute atomic E-state index is 0.103. The van der Waals surface area contributed by atoms with Crippen LogP contribution < -0.4 is 5.32 Å². The monoisotopic (exact) mass is 834 g/mol. The number of benzene rings is 1. The maximum atomic E-state index is 13.3. The standard InChI is InChI=1S/C25H37N7O.C8H12N2O.C6H12N2O.C3H6.2C2H6/c1-5-7-8-9-10-20-19-21(23(33)32-17-15-31(4)16-18-32)11-12-22(20)25(3,13-14-26-6-2)24-27-29-30-28-24;1-6-7(2)8(6)10(5-11)4-3-9;1-6(9)8-4-3-7(2)5-8;1-3-2;2*1-2/h5,7-8,11-12,19,26H,1,6,9-10,13-18H2,2-4H3,(H,27,28,29,30);5-8H,4H2,1-2H3;3-5H2,1-2H3;3H,1H2,2H3;2*1-2H3/b8-7+;;;;;. The Morgan fingerprint density at radius 1 is 1.03 bits per heavy atom. The van der Waals surface area contributed by atoms with E-state index in [1.165, 1.54) is 0 Å². The molecule has 1 aromatic carbocycles. The molecule has 336 valence electrons. The van der Waals surface area contributed by atoms with Crippen molar-refractivity contribution in [1.82, 2.24) is 50.4 Å². The Bertz CT molecular complexity index is 1580. The number of carbonyl (C=O) groups excluding carboxylic acids is 3. The molecule has 5 rings (SSSR count). The lowest BCUT2D eigenvalue weighted by Gasteiger charge is -2.33. The number of likely N-dealkylation sites (N-methyl/N-ethyl adjacent to an activating group) is 2. The van der Waals surface area contributed by atoms with Gasteiger partial charge < -0.3 is 24.9 Å². The first-order valence-corrected chi connectivity index (χ1v) is 21.8. The SMILES string of the molecule is C=C/C=C/CCc1cc(C(=O)N2CCN(C)CC2)ccc1C(C)(CCNCC)c1nn[nH]n1.C=CC.CC.CC.CC(=O)N1CCN(C)C1.CC1C(C)C1N(C=O)CC#N. The Hall–Kier alpha value is -4.71. The molecule has 1 saturated carbocycles. The first-order chi connectivity index (χ1) is 28.8. The van der Waals surface area contributed by atoms with Gasteiger partial charge in [0, 0.05) is 57.8 Å². The van der Waals surface area contributed by atoms with Crippen molar-refractivity contribution in [2.75, 3.05) is 79.7 Å². The van der Waals surface area contributed by atoms with E-state index in [2.05, 4.69) is 102 Å². The van der Waals surface area contributed by atoms with Gasteiger partial charge >= 0.3 is 0 Å². The van der Waals surface area contributed by atoms with Crippen LogP contribution in [0.3, 0.4) is 0 Å². The van der Waals surface area contributed by atoms with Crippen molar-refractivity contribution in [2.45, 2.75) is 100.0 Å². The third-order valence-corrected chi connectivity index (χ3v) is 10.6. The van der Waals surface area contributed by atoms with Crippen LogP contribution in [0.4, 0.5) is 0 Å². The summed E-state index contributed by atoms with van der Waals surface area (Å²) >= 11 is 0. The van der Waals surface area contributed by atoms with E-state index in [9.17, 15) is 14.4 Å². The quantitative estimate of drug-likeness (QED) is 0.0742. The van der Waals surface area contributed by atoms with Gasteiger partial charge in [0.25, 0.3) is 5.91 Å². The molecule has 2 aromatic rings. The van der Waals surface area contributed by atoms with Crippen molar-refractivity contribution in [3.8, 4) is 6.07 Å². The average Bonchev–Trinajstić information content (AvgIpc) is 3.68. The summed E-state index contributed by atoms with van der Waals surface area (Å²) in [5.74, 6) is 2.08. The van der Waals surface area contributed by atoms with Crippen LogP contribution in [0.25, 0.3) is 0 Å². The number of nitrogens with one attached hydrogen (secondary N) is 2. The molecule has 3 aliphatic rings. The van der Waals surface area contributed by atoms with Crippen molar-refractivity contribution >= 4 is 18.2 Å². The Morgan fingerprint density at radius 2 is 1.63 bits per heavy atom. The molecule has 14 nitrogen and oxygen atoms in total. The molecular formula is C46H79N11O3. The Balaban J connectivity index is 0.00000104. The predicted molar refractivity (Wildman–Crippen MR) is 245 cm³/mol. The van der Waals surface area contributed by atoms with Gasteiger partial charge in [-0.2, -0.15) is 10.5 Å². The van der Waals surface area contributed by atoms with Gasteiger partial charge in [0.1, 0.15) is 6.54 Å². The largest absolute Gasteiger partial charge is 0.336 e. The highest BCUT2D eigenvalue weighted by Gasteiger charge is 2.46.